The van der Waals surface area contributed by atoms with Gasteiger partial charge in [0.15, 0.2) is 5.82 Å². The van der Waals surface area contributed by atoms with Crippen LogP contribution in [-0.2, 0) is 6.42 Å². The predicted molar refractivity (Wildman–Crippen MR) is 81.9 cm³/mol. The number of aryl methyl sites for hydroxylation is 2. The molecule has 0 bridgehead atoms. The Bertz CT molecular complexity index is 784. The summed E-state index contributed by atoms with van der Waals surface area (Å²) in [4.78, 5) is 13.3. The molecule has 3 aromatic rings. The minimum Gasteiger partial charge on any atom is -0.253 e. The van der Waals surface area contributed by atoms with E-state index in [1.54, 1.807) is 6.07 Å². The lowest BCUT2D eigenvalue weighted by molar-refractivity contribution is 1.01. The van der Waals surface area contributed by atoms with Crippen molar-refractivity contribution in [2.75, 3.05) is 0 Å². The van der Waals surface area contributed by atoms with Gasteiger partial charge in [0.05, 0.1) is 5.52 Å². The van der Waals surface area contributed by atoms with E-state index in [4.69, 9.17) is 11.6 Å². The quantitative estimate of drug-likeness (QED) is 0.661. The number of halogens is 1. The van der Waals surface area contributed by atoms with Crippen molar-refractivity contribution in [3.8, 4) is 11.4 Å². The standard InChI is InChI=1S/C16H14ClN3/c1-3-13-9-15(17)20-16(19-13)12-6-7-14-11(8-12)5-4-10(2)18-14/h4-9H,3H2,1-2H3. The van der Waals surface area contributed by atoms with Crippen LogP contribution in [0, 0.1) is 6.92 Å². The second kappa shape index (κ2) is 5.17. The highest BCUT2D eigenvalue weighted by molar-refractivity contribution is 6.29. The first-order valence-corrected chi connectivity index (χ1v) is 6.95. The molecule has 4 heteroatoms. The van der Waals surface area contributed by atoms with Crippen LogP contribution in [0.2, 0.25) is 5.15 Å². The summed E-state index contributed by atoms with van der Waals surface area (Å²) >= 11 is 6.05. The lowest BCUT2D eigenvalue weighted by atomic mass is 10.1. The lowest BCUT2D eigenvalue weighted by Gasteiger charge is -2.05. The van der Waals surface area contributed by atoms with Gasteiger partial charge in [0.2, 0.25) is 0 Å². The number of benzene rings is 1. The Morgan fingerprint density at radius 1 is 1.00 bits per heavy atom. The number of fused-ring (bicyclic) bond motifs is 1. The van der Waals surface area contributed by atoms with E-state index in [1.807, 2.05) is 31.2 Å². The van der Waals surface area contributed by atoms with Crippen molar-refractivity contribution in [2.24, 2.45) is 0 Å². The van der Waals surface area contributed by atoms with Crippen molar-refractivity contribution in [1.82, 2.24) is 15.0 Å². The zero-order valence-electron chi connectivity index (χ0n) is 11.4. The Hall–Kier alpha value is -2.00. The fraction of sp³-hybridized carbons (Fsp3) is 0.188. The molecule has 20 heavy (non-hydrogen) atoms. The van der Waals surface area contributed by atoms with Crippen LogP contribution in [0.1, 0.15) is 18.3 Å². The van der Waals surface area contributed by atoms with E-state index >= 15 is 0 Å². The zero-order valence-corrected chi connectivity index (χ0v) is 12.1. The molecule has 0 radical (unpaired) electrons. The smallest absolute Gasteiger partial charge is 0.161 e. The maximum absolute atomic E-state index is 6.05. The van der Waals surface area contributed by atoms with Crippen LogP contribution in [0.3, 0.4) is 0 Å². The Balaban J connectivity index is 2.14. The molecule has 0 N–H and O–H groups in total. The monoisotopic (exact) mass is 283 g/mol. The lowest BCUT2D eigenvalue weighted by Crippen LogP contribution is -1.95. The van der Waals surface area contributed by atoms with E-state index in [2.05, 4.69) is 27.9 Å². The third kappa shape index (κ3) is 2.49. The number of hydrogen-bond acceptors (Lipinski definition) is 3. The molecule has 0 spiro atoms. The van der Waals surface area contributed by atoms with Crippen molar-refractivity contribution in [3.05, 3.63) is 52.9 Å². The molecule has 2 heterocycles. The summed E-state index contributed by atoms with van der Waals surface area (Å²) in [5, 5.41) is 1.56. The largest absolute Gasteiger partial charge is 0.253 e. The first-order valence-electron chi connectivity index (χ1n) is 6.57. The molecule has 3 rings (SSSR count). The Morgan fingerprint density at radius 2 is 1.85 bits per heavy atom. The fourth-order valence-corrected chi connectivity index (χ4v) is 2.35. The van der Waals surface area contributed by atoms with Crippen LogP contribution >= 0.6 is 11.6 Å². The Kier molecular flexibility index (Phi) is 3.36. The van der Waals surface area contributed by atoms with Gasteiger partial charge in [-0.3, -0.25) is 4.98 Å². The SMILES string of the molecule is CCc1cc(Cl)nc(-c2ccc3nc(C)ccc3c2)n1. The van der Waals surface area contributed by atoms with Gasteiger partial charge >= 0.3 is 0 Å². The summed E-state index contributed by atoms with van der Waals surface area (Å²) in [6.45, 7) is 4.04. The number of nitrogens with zero attached hydrogens (tertiary/aromatic N) is 3. The molecule has 0 amide bonds. The van der Waals surface area contributed by atoms with Crippen LogP contribution in [-0.4, -0.2) is 15.0 Å². The average Bonchev–Trinajstić information content (AvgIpc) is 2.46. The number of aromatic nitrogens is 3. The van der Waals surface area contributed by atoms with Gasteiger partial charge in [-0.2, -0.15) is 0 Å². The molecule has 0 unspecified atom stereocenters. The predicted octanol–water partition coefficient (Wildman–Crippen LogP) is 4.22. The van der Waals surface area contributed by atoms with Crippen LogP contribution in [0.4, 0.5) is 0 Å². The minimum absolute atomic E-state index is 0.481. The molecular formula is C16H14ClN3. The Morgan fingerprint density at radius 3 is 2.65 bits per heavy atom. The highest BCUT2D eigenvalue weighted by atomic mass is 35.5. The first kappa shape index (κ1) is 13.0. The van der Waals surface area contributed by atoms with E-state index in [9.17, 15) is 0 Å². The molecule has 0 aliphatic carbocycles. The van der Waals surface area contributed by atoms with Crippen molar-refractivity contribution in [2.45, 2.75) is 20.3 Å². The molecule has 0 saturated carbocycles. The van der Waals surface area contributed by atoms with Gasteiger partial charge in [-0.25, -0.2) is 9.97 Å². The van der Waals surface area contributed by atoms with Gasteiger partial charge in [0.1, 0.15) is 5.15 Å². The van der Waals surface area contributed by atoms with E-state index < -0.39 is 0 Å². The zero-order chi connectivity index (χ0) is 14.1. The fourth-order valence-electron chi connectivity index (χ4n) is 2.14. The van der Waals surface area contributed by atoms with Crippen LogP contribution < -0.4 is 0 Å². The van der Waals surface area contributed by atoms with Crippen molar-refractivity contribution < 1.29 is 0 Å². The van der Waals surface area contributed by atoms with Gasteiger partial charge in [-0.1, -0.05) is 24.6 Å². The molecule has 1 aromatic carbocycles. The highest BCUT2D eigenvalue weighted by Gasteiger charge is 2.06. The van der Waals surface area contributed by atoms with E-state index in [0.717, 1.165) is 34.3 Å². The summed E-state index contributed by atoms with van der Waals surface area (Å²) in [6.07, 6.45) is 0.837. The maximum Gasteiger partial charge on any atom is 0.161 e. The summed E-state index contributed by atoms with van der Waals surface area (Å²) in [5.74, 6) is 0.664. The Labute approximate surface area is 122 Å². The second-order valence-electron chi connectivity index (χ2n) is 4.72. The van der Waals surface area contributed by atoms with Gasteiger partial charge in [-0.05, 0) is 43.7 Å². The number of hydrogen-bond donors (Lipinski definition) is 0. The van der Waals surface area contributed by atoms with Crippen LogP contribution in [0.5, 0.6) is 0 Å². The minimum atomic E-state index is 0.481. The van der Waals surface area contributed by atoms with Crippen molar-refractivity contribution in [3.63, 3.8) is 0 Å². The molecule has 2 aromatic heterocycles. The summed E-state index contributed by atoms with van der Waals surface area (Å²) in [5.41, 5.74) is 3.89. The van der Waals surface area contributed by atoms with Gasteiger partial charge in [0.25, 0.3) is 0 Å². The molecule has 3 nitrogen and oxygen atoms in total. The summed E-state index contributed by atoms with van der Waals surface area (Å²) in [6, 6.07) is 11.9. The molecule has 100 valence electrons. The second-order valence-corrected chi connectivity index (χ2v) is 5.11. The highest BCUT2D eigenvalue weighted by Crippen LogP contribution is 2.23. The summed E-state index contributed by atoms with van der Waals surface area (Å²) in [7, 11) is 0. The topological polar surface area (TPSA) is 38.7 Å². The van der Waals surface area contributed by atoms with E-state index in [-0.39, 0.29) is 0 Å². The third-order valence-electron chi connectivity index (χ3n) is 3.20. The molecule has 0 aliphatic rings. The normalized spacial score (nSPS) is 10.9. The molecular weight excluding hydrogens is 270 g/mol. The van der Waals surface area contributed by atoms with Gasteiger partial charge in [0, 0.05) is 22.3 Å². The van der Waals surface area contributed by atoms with Crippen molar-refractivity contribution >= 4 is 22.5 Å². The summed E-state index contributed by atoms with van der Waals surface area (Å²) < 4.78 is 0. The van der Waals surface area contributed by atoms with E-state index in [1.165, 1.54) is 0 Å². The third-order valence-corrected chi connectivity index (χ3v) is 3.39. The molecule has 0 atom stereocenters. The molecule has 0 aliphatic heterocycles. The van der Waals surface area contributed by atoms with Gasteiger partial charge in [-0.15, -0.1) is 0 Å². The van der Waals surface area contributed by atoms with Crippen LogP contribution in [0.25, 0.3) is 22.3 Å². The average molecular weight is 284 g/mol. The maximum atomic E-state index is 6.05. The number of pyridine rings is 1. The molecule has 0 fully saturated rings. The van der Waals surface area contributed by atoms with Gasteiger partial charge < -0.3 is 0 Å². The molecule has 0 saturated heterocycles. The van der Waals surface area contributed by atoms with Crippen LogP contribution in [0.15, 0.2) is 36.4 Å². The van der Waals surface area contributed by atoms with E-state index in [0.29, 0.717) is 11.0 Å². The first-order chi connectivity index (χ1) is 9.65. The van der Waals surface area contributed by atoms with Crippen molar-refractivity contribution in [1.29, 1.82) is 0 Å². The number of rotatable bonds is 2.